The molecule has 3 aliphatic rings. The Bertz CT molecular complexity index is 1400. The van der Waals surface area contributed by atoms with Crippen LogP contribution < -0.4 is 24.8 Å². The minimum Gasteiger partial charge on any atom is -0.497 e. The summed E-state index contributed by atoms with van der Waals surface area (Å²) in [5.41, 5.74) is 0.615. The molecule has 9 heteroatoms. The predicted molar refractivity (Wildman–Crippen MR) is 136 cm³/mol. The fraction of sp³-hybridized carbons (Fsp3) is 0.250. The third-order valence-corrected chi connectivity index (χ3v) is 7.64. The summed E-state index contributed by atoms with van der Waals surface area (Å²) in [5, 5.41) is 2.44. The first-order valence-corrected chi connectivity index (χ1v) is 12.1. The van der Waals surface area contributed by atoms with Crippen molar-refractivity contribution in [1.82, 2.24) is 5.32 Å². The highest BCUT2D eigenvalue weighted by Crippen LogP contribution is 2.47. The number of methoxy groups -OCH3 is 1. The van der Waals surface area contributed by atoms with E-state index < -0.39 is 35.1 Å². The van der Waals surface area contributed by atoms with Crippen LogP contribution in [0.15, 0.2) is 72.8 Å². The van der Waals surface area contributed by atoms with E-state index in [1.807, 2.05) is 35.2 Å². The molecule has 2 saturated heterocycles. The molecule has 0 aliphatic carbocycles. The number of benzene rings is 3. The summed E-state index contributed by atoms with van der Waals surface area (Å²) in [7, 11) is 1.52. The van der Waals surface area contributed by atoms with E-state index in [2.05, 4.69) is 10.2 Å². The van der Waals surface area contributed by atoms with Crippen LogP contribution in [0.2, 0.25) is 0 Å². The van der Waals surface area contributed by atoms with Gasteiger partial charge in [-0.2, -0.15) is 0 Å². The van der Waals surface area contributed by atoms with E-state index in [9.17, 15) is 14.4 Å². The zero-order chi connectivity index (χ0) is 25.7. The molecule has 1 spiro atoms. The zero-order valence-electron chi connectivity index (χ0n) is 20.2. The molecular formula is C28H25FN4O4. The molecular weight excluding hydrogens is 475 g/mol. The summed E-state index contributed by atoms with van der Waals surface area (Å²) in [5.74, 6) is -1.10. The summed E-state index contributed by atoms with van der Waals surface area (Å²) in [6.07, 6.45) is -0.0194. The fourth-order valence-corrected chi connectivity index (χ4v) is 5.86. The lowest BCUT2D eigenvalue weighted by atomic mass is 9.67. The quantitative estimate of drug-likeness (QED) is 0.556. The van der Waals surface area contributed by atoms with Crippen molar-refractivity contribution in [3.05, 3.63) is 84.2 Å². The highest BCUT2D eigenvalue weighted by atomic mass is 19.1. The van der Waals surface area contributed by atoms with Gasteiger partial charge in [0.1, 0.15) is 11.6 Å². The van der Waals surface area contributed by atoms with Crippen LogP contribution in [0, 0.1) is 11.2 Å². The second kappa shape index (κ2) is 8.62. The number of nitrogens with one attached hydrogen (secondary N) is 1. The van der Waals surface area contributed by atoms with Gasteiger partial charge in [0, 0.05) is 31.7 Å². The van der Waals surface area contributed by atoms with Gasteiger partial charge in [0.15, 0.2) is 5.41 Å². The Labute approximate surface area is 213 Å². The number of piperazine rings is 1. The minimum absolute atomic E-state index is 0.0194. The monoisotopic (exact) mass is 500 g/mol. The van der Waals surface area contributed by atoms with Gasteiger partial charge in [0.2, 0.25) is 5.91 Å². The predicted octanol–water partition coefficient (Wildman–Crippen LogP) is 3.36. The Morgan fingerprint density at radius 2 is 1.68 bits per heavy atom. The van der Waals surface area contributed by atoms with Gasteiger partial charge in [-0.25, -0.2) is 14.1 Å². The Kier molecular flexibility index (Phi) is 5.36. The number of halogens is 1. The average Bonchev–Trinajstić information content (AvgIpc) is 2.92. The number of hydrogen-bond acceptors (Lipinski definition) is 6. The third-order valence-electron chi connectivity index (χ3n) is 7.64. The highest BCUT2D eigenvalue weighted by Gasteiger charge is 2.63. The molecule has 188 valence electrons. The number of nitrogens with zero attached hydrogens (tertiary/aromatic N) is 3. The number of rotatable bonds is 3. The molecule has 3 aliphatic heterocycles. The molecule has 0 aromatic heterocycles. The lowest BCUT2D eigenvalue weighted by molar-refractivity contribution is -0.144. The Morgan fingerprint density at radius 1 is 0.919 bits per heavy atom. The molecule has 37 heavy (non-hydrogen) atoms. The molecule has 1 N–H and O–H groups in total. The standard InChI is InChI=1S/C28H25FN4O4/c1-37-21-12-10-20(11-13-21)33-26(35)28(25(34)30-27(33)36)16-18-6-5-9-22(29)24(18)32-15-14-31(17-23(28)32)19-7-3-2-4-8-19/h2-13,23H,14-17H2,1H3,(H,30,34,36)/t23-,28+/m1/s1. The van der Waals surface area contributed by atoms with E-state index in [1.165, 1.54) is 13.2 Å². The van der Waals surface area contributed by atoms with Crippen LogP contribution in [-0.4, -0.2) is 50.6 Å². The van der Waals surface area contributed by atoms with Gasteiger partial charge >= 0.3 is 6.03 Å². The maximum atomic E-state index is 15.2. The van der Waals surface area contributed by atoms with Crippen molar-refractivity contribution in [3.8, 4) is 5.75 Å². The number of imide groups is 2. The van der Waals surface area contributed by atoms with Crippen LogP contribution >= 0.6 is 0 Å². The topological polar surface area (TPSA) is 82.2 Å². The van der Waals surface area contributed by atoms with Gasteiger partial charge in [-0.05, 0) is 48.0 Å². The number of anilines is 3. The fourth-order valence-electron chi connectivity index (χ4n) is 5.86. The van der Waals surface area contributed by atoms with Gasteiger partial charge < -0.3 is 14.5 Å². The second-order valence-electron chi connectivity index (χ2n) is 9.48. The third kappa shape index (κ3) is 3.45. The molecule has 0 unspecified atom stereocenters. The van der Waals surface area contributed by atoms with Crippen molar-refractivity contribution < 1.29 is 23.5 Å². The molecule has 0 saturated carbocycles. The Balaban J connectivity index is 1.49. The van der Waals surface area contributed by atoms with Crippen LogP contribution in [0.3, 0.4) is 0 Å². The van der Waals surface area contributed by atoms with Crippen molar-refractivity contribution in [2.24, 2.45) is 5.41 Å². The number of carbonyl (C=O) groups excluding carboxylic acids is 3. The minimum atomic E-state index is -1.64. The molecule has 3 heterocycles. The van der Waals surface area contributed by atoms with Crippen molar-refractivity contribution >= 4 is 34.9 Å². The molecule has 2 fully saturated rings. The lowest BCUT2D eigenvalue weighted by Gasteiger charge is -2.55. The van der Waals surface area contributed by atoms with Crippen molar-refractivity contribution in [2.75, 3.05) is 41.4 Å². The molecule has 0 radical (unpaired) electrons. The van der Waals surface area contributed by atoms with Gasteiger partial charge in [-0.1, -0.05) is 30.3 Å². The summed E-state index contributed by atoms with van der Waals surface area (Å²) < 4.78 is 20.4. The van der Waals surface area contributed by atoms with Crippen molar-refractivity contribution in [2.45, 2.75) is 12.5 Å². The number of ether oxygens (including phenoxy) is 1. The number of para-hydroxylation sites is 2. The summed E-state index contributed by atoms with van der Waals surface area (Å²) in [6, 6.07) is 19.4. The molecule has 2 atom stereocenters. The SMILES string of the molecule is COc1ccc(N2C(=O)NC(=O)[C@@]3(Cc4cccc(F)c4N4CCN(c5ccccc5)C[C@@H]43)C2=O)cc1. The van der Waals surface area contributed by atoms with Crippen molar-refractivity contribution in [1.29, 1.82) is 0 Å². The van der Waals surface area contributed by atoms with Crippen LogP contribution in [0.1, 0.15) is 5.56 Å². The molecule has 0 bridgehead atoms. The molecule has 6 rings (SSSR count). The number of fused-ring (bicyclic) bond motifs is 4. The van der Waals surface area contributed by atoms with Gasteiger partial charge in [0.25, 0.3) is 5.91 Å². The van der Waals surface area contributed by atoms with E-state index in [0.717, 1.165) is 10.6 Å². The van der Waals surface area contributed by atoms with E-state index >= 15 is 4.39 Å². The average molecular weight is 501 g/mol. The normalized spacial score (nSPS) is 23.0. The first-order valence-electron chi connectivity index (χ1n) is 12.1. The number of hydrogen-bond donors (Lipinski definition) is 1. The molecule has 4 amide bonds. The van der Waals surface area contributed by atoms with E-state index in [0.29, 0.717) is 42.3 Å². The number of urea groups is 1. The van der Waals surface area contributed by atoms with Crippen LogP contribution in [0.25, 0.3) is 0 Å². The maximum Gasteiger partial charge on any atom is 0.335 e. The van der Waals surface area contributed by atoms with Crippen LogP contribution in [0.4, 0.5) is 26.2 Å². The molecule has 3 aromatic carbocycles. The number of amides is 4. The highest BCUT2D eigenvalue weighted by molar-refractivity contribution is 6.30. The smallest absolute Gasteiger partial charge is 0.335 e. The maximum absolute atomic E-state index is 15.2. The van der Waals surface area contributed by atoms with Gasteiger partial charge in [-0.15, -0.1) is 0 Å². The van der Waals surface area contributed by atoms with Gasteiger partial charge in [0.05, 0.1) is 24.5 Å². The number of barbiturate groups is 1. The molecule has 3 aromatic rings. The van der Waals surface area contributed by atoms with E-state index in [1.54, 1.807) is 36.4 Å². The summed E-state index contributed by atoms with van der Waals surface area (Å²) in [6.45, 7) is 1.30. The largest absolute Gasteiger partial charge is 0.497 e. The second-order valence-corrected chi connectivity index (χ2v) is 9.48. The first-order chi connectivity index (χ1) is 17.9. The van der Waals surface area contributed by atoms with Crippen molar-refractivity contribution in [3.63, 3.8) is 0 Å². The van der Waals surface area contributed by atoms with Crippen LogP contribution in [-0.2, 0) is 16.0 Å². The lowest BCUT2D eigenvalue weighted by Crippen LogP contribution is -2.75. The van der Waals surface area contributed by atoms with E-state index in [-0.39, 0.29) is 6.42 Å². The summed E-state index contributed by atoms with van der Waals surface area (Å²) >= 11 is 0. The number of carbonyl (C=O) groups is 3. The summed E-state index contributed by atoms with van der Waals surface area (Å²) in [4.78, 5) is 46.0. The van der Waals surface area contributed by atoms with Crippen LogP contribution in [0.5, 0.6) is 5.75 Å². The Morgan fingerprint density at radius 3 is 2.41 bits per heavy atom. The first kappa shape index (κ1) is 23.0. The van der Waals surface area contributed by atoms with Gasteiger partial charge in [-0.3, -0.25) is 14.9 Å². The molecule has 8 nitrogen and oxygen atoms in total. The Hall–Kier alpha value is -4.40. The zero-order valence-corrected chi connectivity index (χ0v) is 20.2. The van der Waals surface area contributed by atoms with E-state index in [4.69, 9.17) is 4.74 Å².